The number of carbonyl (C=O) groups is 1. The van der Waals surface area contributed by atoms with Crippen LogP contribution in [0.2, 0.25) is 0 Å². The van der Waals surface area contributed by atoms with Crippen LogP contribution in [0.5, 0.6) is 11.6 Å². The molecule has 1 aliphatic rings. The van der Waals surface area contributed by atoms with E-state index in [1.54, 1.807) is 6.07 Å². The van der Waals surface area contributed by atoms with E-state index in [0.717, 1.165) is 6.42 Å². The number of nitrogens with one attached hydrogen (secondary N) is 1. The van der Waals surface area contributed by atoms with E-state index in [0.29, 0.717) is 36.6 Å². The maximum absolute atomic E-state index is 14.4. The maximum atomic E-state index is 14.4. The van der Waals surface area contributed by atoms with Crippen molar-refractivity contribution in [2.24, 2.45) is 5.92 Å². The molecule has 1 unspecified atom stereocenters. The van der Waals surface area contributed by atoms with E-state index in [-0.39, 0.29) is 34.1 Å². The average Bonchev–Trinajstić information content (AvgIpc) is 2.87. The Bertz CT molecular complexity index is 1430. The highest BCUT2D eigenvalue weighted by Crippen LogP contribution is 2.29. The molecule has 0 radical (unpaired) electrons. The third kappa shape index (κ3) is 6.95. The Labute approximate surface area is 224 Å². The van der Waals surface area contributed by atoms with Gasteiger partial charge in [-0.15, -0.1) is 0 Å². The Balaban J connectivity index is 0.00000280. The summed E-state index contributed by atoms with van der Waals surface area (Å²) in [7, 11) is -4.33. The number of nitrogens with zero attached hydrogens (tertiary/aromatic N) is 2. The highest BCUT2D eigenvalue weighted by atomic mass is 32.2. The van der Waals surface area contributed by atoms with Gasteiger partial charge >= 0.3 is 0 Å². The fourth-order valence-electron chi connectivity index (χ4n) is 3.69. The lowest BCUT2D eigenvalue weighted by Crippen LogP contribution is -2.33. The normalized spacial score (nSPS) is 15.7. The molecule has 3 heterocycles. The fraction of sp³-hybridized carbons (Fsp3) is 0.346. The Morgan fingerprint density at radius 2 is 2.05 bits per heavy atom. The van der Waals surface area contributed by atoms with Gasteiger partial charge < -0.3 is 19.9 Å². The fourth-order valence-corrected chi connectivity index (χ4v) is 4.63. The molecule has 10 nitrogen and oxygen atoms in total. The van der Waals surface area contributed by atoms with Crippen molar-refractivity contribution >= 4 is 21.7 Å². The summed E-state index contributed by atoms with van der Waals surface area (Å²) in [5, 5.41) is -0.410. The van der Waals surface area contributed by atoms with Gasteiger partial charge in [-0.05, 0) is 55.2 Å². The minimum atomic E-state index is -4.33. The van der Waals surface area contributed by atoms with Gasteiger partial charge in [0, 0.05) is 22.5 Å². The largest absolute Gasteiger partial charge is 0.493 e. The predicted octanol–water partition coefficient (Wildman–Crippen LogP) is 4.31. The van der Waals surface area contributed by atoms with E-state index < -0.39 is 32.9 Å². The summed E-state index contributed by atoms with van der Waals surface area (Å²) in [6.07, 6.45) is 1.01. The summed E-state index contributed by atoms with van der Waals surface area (Å²) in [5.74, 6) is -1.04. The van der Waals surface area contributed by atoms with E-state index in [9.17, 15) is 17.6 Å². The minimum Gasteiger partial charge on any atom is -0.493 e. The number of halogens is 1. The topological polar surface area (TPSA) is 143 Å². The lowest BCUT2D eigenvalue weighted by atomic mass is 10.1. The molecular weight excluding hydrogens is 515 g/mol. The molecule has 1 aromatic carbocycles. The van der Waals surface area contributed by atoms with E-state index >= 15 is 0 Å². The van der Waals surface area contributed by atoms with Crippen molar-refractivity contribution in [3.05, 3.63) is 59.9 Å². The van der Waals surface area contributed by atoms with Crippen molar-refractivity contribution in [3.8, 4) is 22.9 Å². The molecule has 208 valence electrons. The maximum Gasteiger partial charge on any atom is 0.281 e. The van der Waals surface area contributed by atoms with Gasteiger partial charge in [0.25, 0.3) is 15.9 Å². The van der Waals surface area contributed by atoms with Crippen LogP contribution in [0.3, 0.4) is 0 Å². The summed E-state index contributed by atoms with van der Waals surface area (Å²) in [5.41, 5.74) is 6.17. The van der Waals surface area contributed by atoms with Crippen molar-refractivity contribution in [1.82, 2.24) is 14.7 Å². The molecule has 2 aromatic heterocycles. The molecule has 12 heteroatoms. The third-order valence-corrected chi connectivity index (χ3v) is 6.73. The van der Waals surface area contributed by atoms with Crippen molar-refractivity contribution in [2.75, 3.05) is 25.6 Å². The first-order valence-corrected chi connectivity index (χ1v) is 13.6. The third-order valence-electron chi connectivity index (χ3n) is 5.50. The second-order valence-electron chi connectivity index (χ2n) is 9.22. The zero-order valence-corrected chi connectivity index (χ0v) is 21.8. The van der Waals surface area contributed by atoms with Gasteiger partial charge in [0.05, 0.1) is 18.9 Å². The SMILES string of the molecule is CC(C)COc1cc(F)cc(-c2ccc(C(=O)NS(=O)(=O)c3cccc(N)n3)c(OC3CCCOC3)n2)c1.[HH].[HH].[HH]. The number of hydrogen-bond donors (Lipinski definition) is 2. The summed E-state index contributed by atoms with van der Waals surface area (Å²) < 4.78 is 59.0. The quantitative estimate of drug-likeness (QED) is 0.398. The highest BCUT2D eigenvalue weighted by Gasteiger charge is 2.26. The van der Waals surface area contributed by atoms with E-state index in [1.807, 2.05) is 18.6 Å². The summed E-state index contributed by atoms with van der Waals surface area (Å²) in [4.78, 5) is 21.3. The van der Waals surface area contributed by atoms with Crippen LogP contribution in [-0.4, -0.2) is 50.2 Å². The smallest absolute Gasteiger partial charge is 0.281 e. The number of aromatic nitrogens is 2. The molecule has 0 saturated carbocycles. The average molecular weight is 551 g/mol. The molecule has 1 aliphatic heterocycles. The van der Waals surface area contributed by atoms with Crippen LogP contribution in [-0.2, 0) is 14.8 Å². The van der Waals surface area contributed by atoms with Crippen LogP contribution in [0, 0.1) is 11.7 Å². The molecule has 1 saturated heterocycles. The second-order valence-corrected chi connectivity index (χ2v) is 10.9. The van der Waals surface area contributed by atoms with E-state index in [1.165, 1.54) is 42.5 Å². The number of ether oxygens (including phenoxy) is 3. The number of amides is 1. The number of benzene rings is 1. The Hall–Kier alpha value is -3.77. The zero-order valence-electron chi connectivity index (χ0n) is 21.0. The molecule has 1 atom stereocenters. The number of rotatable bonds is 9. The van der Waals surface area contributed by atoms with Crippen molar-refractivity contribution < 1.29 is 36.1 Å². The van der Waals surface area contributed by atoms with Gasteiger partial charge in [-0.1, -0.05) is 19.9 Å². The lowest BCUT2D eigenvalue weighted by Gasteiger charge is -2.24. The summed E-state index contributed by atoms with van der Waals surface area (Å²) in [6.45, 7) is 5.24. The van der Waals surface area contributed by atoms with Crippen LogP contribution in [0.4, 0.5) is 10.2 Å². The first kappa shape index (κ1) is 27.3. The molecule has 3 N–H and O–H groups in total. The summed E-state index contributed by atoms with van der Waals surface area (Å²) in [6, 6.07) is 11.1. The van der Waals surface area contributed by atoms with Crippen molar-refractivity contribution in [3.63, 3.8) is 0 Å². The molecule has 3 aromatic rings. The predicted molar refractivity (Wildman–Crippen MR) is 144 cm³/mol. The Morgan fingerprint density at radius 1 is 1.24 bits per heavy atom. The number of pyridine rings is 2. The molecule has 1 amide bonds. The van der Waals surface area contributed by atoms with Gasteiger partial charge in [-0.25, -0.2) is 19.1 Å². The van der Waals surface area contributed by atoms with Crippen LogP contribution in [0.1, 0.15) is 41.3 Å². The van der Waals surface area contributed by atoms with Crippen LogP contribution < -0.4 is 19.9 Å². The number of nitrogens with two attached hydrogens (primary N) is 1. The molecule has 1 fully saturated rings. The van der Waals surface area contributed by atoms with Crippen LogP contribution in [0.15, 0.2) is 53.6 Å². The minimum absolute atomic E-state index is 0. The monoisotopic (exact) mass is 550 g/mol. The molecular formula is C26H35FN4O6S. The van der Waals surface area contributed by atoms with Gasteiger partial charge in [0.2, 0.25) is 5.88 Å². The molecule has 0 aliphatic carbocycles. The number of hydrogen-bond acceptors (Lipinski definition) is 9. The Kier molecular flexibility index (Phi) is 8.42. The van der Waals surface area contributed by atoms with Gasteiger partial charge in [-0.2, -0.15) is 8.42 Å². The van der Waals surface area contributed by atoms with Crippen molar-refractivity contribution in [1.29, 1.82) is 0 Å². The Morgan fingerprint density at radius 3 is 2.76 bits per heavy atom. The first-order chi connectivity index (χ1) is 18.1. The van der Waals surface area contributed by atoms with Gasteiger partial charge in [-0.3, -0.25) is 4.79 Å². The van der Waals surface area contributed by atoms with E-state index in [4.69, 9.17) is 19.9 Å². The molecule has 0 bridgehead atoms. The summed E-state index contributed by atoms with van der Waals surface area (Å²) >= 11 is 0. The number of carbonyl (C=O) groups excluding carboxylic acids is 1. The first-order valence-electron chi connectivity index (χ1n) is 12.1. The highest BCUT2D eigenvalue weighted by molar-refractivity contribution is 7.90. The van der Waals surface area contributed by atoms with E-state index in [2.05, 4.69) is 9.97 Å². The zero-order chi connectivity index (χ0) is 27.3. The number of nitrogen functional groups attached to an aromatic ring is 1. The number of anilines is 1. The van der Waals surface area contributed by atoms with Gasteiger partial charge in [0.1, 0.15) is 29.1 Å². The molecule has 4 rings (SSSR count). The van der Waals surface area contributed by atoms with Crippen LogP contribution in [0.25, 0.3) is 11.3 Å². The number of sulfonamides is 1. The van der Waals surface area contributed by atoms with Gasteiger partial charge in [0.15, 0.2) is 5.03 Å². The lowest BCUT2D eigenvalue weighted by molar-refractivity contribution is 0.00519. The standard InChI is InChI=1S/C26H29FN4O6S.3H2/c1-16(2)14-36-20-12-17(11-18(27)13-20)22-9-8-21(26(29-22)37-19-5-4-10-35-15-19)25(32)31-38(33,34)24-7-3-6-23(28)30-24;;;/h3,6-9,11-13,16,19H,4-5,10,14-15H2,1-2H3,(H2,28,30)(H,31,32);3*1H. The second kappa shape index (κ2) is 11.7. The molecule has 38 heavy (non-hydrogen) atoms. The van der Waals surface area contributed by atoms with Crippen LogP contribution >= 0.6 is 0 Å². The molecule has 0 spiro atoms. The van der Waals surface area contributed by atoms with Crippen molar-refractivity contribution in [2.45, 2.75) is 37.8 Å².